The predicted molar refractivity (Wildman–Crippen MR) is 121 cm³/mol. The molecule has 8 nitrogen and oxygen atoms in total. The van der Waals surface area contributed by atoms with E-state index in [1.807, 2.05) is 0 Å². The van der Waals surface area contributed by atoms with E-state index in [0.29, 0.717) is 23.1 Å². The predicted octanol–water partition coefficient (Wildman–Crippen LogP) is 3.77. The summed E-state index contributed by atoms with van der Waals surface area (Å²) in [4.78, 5) is 20.9. The lowest BCUT2D eigenvalue weighted by Crippen LogP contribution is -2.24. The molecule has 1 aliphatic heterocycles. The van der Waals surface area contributed by atoms with Gasteiger partial charge in [-0.25, -0.2) is 13.4 Å². The highest BCUT2D eigenvalue weighted by atomic mass is 32.2. The third-order valence-corrected chi connectivity index (χ3v) is 6.43. The average molecular weight is 491 g/mol. The molecule has 34 heavy (non-hydrogen) atoms. The van der Waals surface area contributed by atoms with Crippen LogP contribution >= 0.6 is 0 Å². The van der Waals surface area contributed by atoms with Crippen molar-refractivity contribution in [1.82, 2.24) is 9.97 Å². The molecular formula is C22H20F3N5O3S. The highest BCUT2D eigenvalue weighted by Gasteiger charge is 2.36. The first-order chi connectivity index (χ1) is 15.9. The molecule has 0 aliphatic carbocycles. The van der Waals surface area contributed by atoms with Crippen molar-refractivity contribution < 1.29 is 26.4 Å². The van der Waals surface area contributed by atoms with Gasteiger partial charge in [-0.2, -0.15) is 18.2 Å². The maximum absolute atomic E-state index is 13.7. The van der Waals surface area contributed by atoms with Crippen molar-refractivity contribution in [2.75, 3.05) is 28.8 Å². The van der Waals surface area contributed by atoms with E-state index in [9.17, 15) is 26.4 Å². The number of anilines is 4. The summed E-state index contributed by atoms with van der Waals surface area (Å²) in [6, 6.07) is 11.2. The molecule has 2 aromatic carbocycles. The zero-order valence-electron chi connectivity index (χ0n) is 18.1. The number of nitrogens with zero attached hydrogens (tertiary/aromatic N) is 3. The molecule has 1 aliphatic rings. The topological polar surface area (TPSA) is 104 Å². The van der Waals surface area contributed by atoms with Gasteiger partial charge in [0.1, 0.15) is 11.4 Å². The Kier molecular flexibility index (Phi) is 5.94. The van der Waals surface area contributed by atoms with Crippen molar-refractivity contribution in [3.63, 3.8) is 0 Å². The number of amides is 1. The molecule has 0 bridgehead atoms. The molecule has 1 amide bonds. The quantitative estimate of drug-likeness (QED) is 0.541. The van der Waals surface area contributed by atoms with E-state index in [2.05, 4.69) is 20.6 Å². The van der Waals surface area contributed by atoms with E-state index in [1.54, 1.807) is 30.3 Å². The van der Waals surface area contributed by atoms with Gasteiger partial charge in [0.05, 0.1) is 22.7 Å². The van der Waals surface area contributed by atoms with Crippen molar-refractivity contribution in [3.05, 3.63) is 65.4 Å². The molecule has 0 atom stereocenters. The molecule has 0 saturated carbocycles. The monoisotopic (exact) mass is 491 g/mol. The van der Waals surface area contributed by atoms with Crippen LogP contribution in [-0.4, -0.2) is 37.6 Å². The third kappa shape index (κ3) is 4.81. The summed E-state index contributed by atoms with van der Waals surface area (Å²) in [5, 5.41) is 5.58. The minimum atomic E-state index is -4.74. The van der Waals surface area contributed by atoms with E-state index >= 15 is 0 Å². The smallest absolute Gasteiger partial charge is 0.355 e. The first kappa shape index (κ1) is 23.5. The molecule has 12 heteroatoms. The molecule has 0 fully saturated rings. The van der Waals surface area contributed by atoms with Gasteiger partial charge in [0.2, 0.25) is 11.9 Å². The molecule has 4 rings (SSSR count). The zero-order chi connectivity index (χ0) is 24.7. The maximum Gasteiger partial charge on any atom is 0.421 e. The Morgan fingerprint density at radius 2 is 1.88 bits per heavy atom. The largest absolute Gasteiger partial charge is 0.421 e. The van der Waals surface area contributed by atoms with E-state index in [-0.39, 0.29) is 29.7 Å². The standard InChI is InChI=1S/C22H20F3N5O3S/c1-30(12-14-6-3-4-9-17(14)34(2,32)33)20-15(22(23,24)25)11-26-21(29-20)27-16-8-5-7-13-10-18(31)28-19(13)16/h3-9,11H,10,12H2,1-2H3,(H,28,31)(H,26,27,29). The van der Waals surface area contributed by atoms with Gasteiger partial charge in [-0.05, 0) is 23.3 Å². The Morgan fingerprint density at radius 1 is 1.15 bits per heavy atom. The number of carbonyl (C=O) groups is 1. The van der Waals surface area contributed by atoms with Crippen molar-refractivity contribution >= 4 is 38.9 Å². The summed E-state index contributed by atoms with van der Waals surface area (Å²) in [6.07, 6.45) is -2.82. The molecule has 178 valence electrons. The number of fused-ring (bicyclic) bond motifs is 1. The number of halogens is 3. The molecule has 0 saturated heterocycles. The molecule has 3 aromatic rings. The van der Waals surface area contributed by atoms with Crippen LogP contribution in [-0.2, 0) is 33.8 Å². The van der Waals surface area contributed by atoms with Gasteiger partial charge >= 0.3 is 6.18 Å². The zero-order valence-corrected chi connectivity index (χ0v) is 19.0. The molecule has 0 spiro atoms. The van der Waals surface area contributed by atoms with Crippen molar-refractivity contribution in [3.8, 4) is 0 Å². The van der Waals surface area contributed by atoms with Crippen LogP contribution in [0.4, 0.5) is 36.3 Å². The molecule has 1 aromatic heterocycles. The number of carbonyl (C=O) groups excluding carboxylic acids is 1. The van der Waals surface area contributed by atoms with Crippen molar-refractivity contribution in [2.24, 2.45) is 0 Å². The van der Waals surface area contributed by atoms with Crippen LogP contribution in [0.5, 0.6) is 0 Å². The number of alkyl halides is 3. The number of benzene rings is 2. The number of aromatic nitrogens is 2. The Morgan fingerprint density at radius 3 is 2.59 bits per heavy atom. The molecule has 0 unspecified atom stereocenters. The molecule has 2 N–H and O–H groups in total. The Balaban J connectivity index is 1.71. The summed E-state index contributed by atoms with van der Waals surface area (Å²) in [6.45, 7) is -0.139. The lowest BCUT2D eigenvalue weighted by atomic mass is 10.1. The molecule has 0 radical (unpaired) electrons. The summed E-state index contributed by atoms with van der Waals surface area (Å²) < 4.78 is 65.4. The summed E-state index contributed by atoms with van der Waals surface area (Å²) in [5.41, 5.74) is 0.977. The number of hydrogen-bond acceptors (Lipinski definition) is 7. The summed E-state index contributed by atoms with van der Waals surface area (Å²) >= 11 is 0. The van der Waals surface area contributed by atoms with Gasteiger partial charge in [-0.15, -0.1) is 0 Å². The number of hydrogen-bond donors (Lipinski definition) is 2. The van der Waals surface area contributed by atoms with Gasteiger partial charge in [0.15, 0.2) is 9.84 Å². The van der Waals surface area contributed by atoms with Crippen LogP contribution < -0.4 is 15.5 Å². The van der Waals surface area contributed by atoms with Crippen LogP contribution in [0.15, 0.2) is 53.6 Å². The van der Waals surface area contributed by atoms with Crippen molar-refractivity contribution in [1.29, 1.82) is 0 Å². The highest BCUT2D eigenvalue weighted by molar-refractivity contribution is 7.90. The van der Waals surface area contributed by atoms with Gasteiger partial charge in [0, 0.05) is 26.0 Å². The highest BCUT2D eigenvalue weighted by Crippen LogP contribution is 2.37. The van der Waals surface area contributed by atoms with E-state index < -0.39 is 27.4 Å². The lowest BCUT2D eigenvalue weighted by molar-refractivity contribution is -0.137. The molecular weight excluding hydrogens is 471 g/mol. The Labute approximate surface area is 193 Å². The first-order valence-corrected chi connectivity index (χ1v) is 11.9. The van der Waals surface area contributed by atoms with Crippen LogP contribution in [0.2, 0.25) is 0 Å². The average Bonchev–Trinajstić information content (AvgIpc) is 3.14. The normalized spacial score (nSPS) is 13.4. The van der Waals surface area contributed by atoms with E-state index in [4.69, 9.17) is 0 Å². The van der Waals surface area contributed by atoms with Crippen LogP contribution in [0, 0.1) is 0 Å². The summed E-state index contributed by atoms with van der Waals surface area (Å²) in [5.74, 6) is -0.728. The lowest BCUT2D eigenvalue weighted by Gasteiger charge is -2.23. The van der Waals surface area contributed by atoms with Crippen LogP contribution in [0.1, 0.15) is 16.7 Å². The second-order valence-electron chi connectivity index (χ2n) is 7.85. The fourth-order valence-electron chi connectivity index (χ4n) is 3.73. The van der Waals surface area contributed by atoms with Gasteiger partial charge in [-0.1, -0.05) is 30.3 Å². The number of para-hydroxylation sites is 1. The maximum atomic E-state index is 13.7. The van der Waals surface area contributed by atoms with Gasteiger partial charge < -0.3 is 15.5 Å². The van der Waals surface area contributed by atoms with Gasteiger partial charge in [0.25, 0.3) is 0 Å². The number of nitrogens with one attached hydrogen (secondary N) is 2. The molecule has 2 heterocycles. The Hall–Kier alpha value is -3.67. The Bertz CT molecular complexity index is 1380. The van der Waals surface area contributed by atoms with Crippen LogP contribution in [0.3, 0.4) is 0 Å². The minimum absolute atomic E-state index is 0.0263. The minimum Gasteiger partial charge on any atom is -0.355 e. The summed E-state index contributed by atoms with van der Waals surface area (Å²) in [7, 11) is -2.20. The SMILES string of the molecule is CN(Cc1ccccc1S(C)(=O)=O)c1nc(Nc2cccc3c2NC(=O)C3)ncc1C(F)(F)F. The fraction of sp³-hybridized carbons (Fsp3) is 0.227. The second-order valence-corrected chi connectivity index (χ2v) is 9.84. The fourth-order valence-corrected chi connectivity index (χ4v) is 4.66. The van der Waals surface area contributed by atoms with Gasteiger partial charge in [-0.3, -0.25) is 4.79 Å². The second kappa shape index (κ2) is 8.60. The third-order valence-electron chi connectivity index (χ3n) is 5.23. The van der Waals surface area contributed by atoms with E-state index in [1.165, 1.54) is 24.1 Å². The first-order valence-electron chi connectivity index (χ1n) is 10.1. The van der Waals surface area contributed by atoms with Crippen molar-refractivity contribution in [2.45, 2.75) is 24.0 Å². The number of sulfone groups is 1. The number of rotatable bonds is 6. The van der Waals surface area contributed by atoms with Crippen LogP contribution in [0.25, 0.3) is 0 Å². The van der Waals surface area contributed by atoms with E-state index in [0.717, 1.165) is 11.8 Å².